The molecule has 0 atom stereocenters. The van der Waals surface area contributed by atoms with Crippen LogP contribution in [-0.4, -0.2) is 70.5 Å². The molecule has 0 radical (unpaired) electrons. The van der Waals surface area contributed by atoms with Gasteiger partial charge in [-0.05, 0) is 6.42 Å². The van der Waals surface area contributed by atoms with Gasteiger partial charge in [0, 0.05) is 39.8 Å². The molecule has 1 rings (SSSR count). The van der Waals surface area contributed by atoms with Crippen molar-refractivity contribution >= 4 is 5.96 Å². The predicted molar refractivity (Wildman–Crippen MR) is 71.4 cm³/mol. The average Bonchev–Trinajstić information content (AvgIpc) is 2.43. The van der Waals surface area contributed by atoms with Crippen molar-refractivity contribution in [2.45, 2.75) is 6.42 Å². The van der Waals surface area contributed by atoms with Crippen LogP contribution < -0.4 is 16.6 Å². The molecule has 0 saturated carbocycles. The minimum atomic E-state index is 0.619. The molecule has 1 saturated heterocycles. The van der Waals surface area contributed by atoms with Gasteiger partial charge in [-0.15, -0.1) is 0 Å². The predicted octanol–water partition coefficient (Wildman–Crippen LogP) is -1.24. The number of rotatable bonds is 7. The molecule has 1 aliphatic heterocycles. The second-order valence-electron chi connectivity index (χ2n) is 4.10. The van der Waals surface area contributed by atoms with Crippen LogP contribution in [0.2, 0.25) is 0 Å². The third-order valence-corrected chi connectivity index (χ3v) is 2.74. The normalized spacial score (nSPS) is 17.8. The van der Waals surface area contributed by atoms with Crippen LogP contribution in [0.25, 0.3) is 0 Å². The van der Waals surface area contributed by atoms with Crippen LogP contribution in [0.15, 0.2) is 4.99 Å². The molecule has 106 valence electrons. The summed E-state index contributed by atoms with van der Waals surface area (Å²) in [5, 5.41) is 3.06. The molecule has 0 aromatic carbocycles. The van der Waals surface area contributed by atoms with E-state index in [0.29, 0.717) is 19.1 Å². The molecule has 18 heavy (non-hydrogen) atoms. The molecular weight excluding hydrogens is 234 g/mol. The van der Waals surface area contributed by atoms with Gasteiger partial charge in [0.15, 0.2) is 0 Å². The lowest BCUT2D eigenvalue weighted by Crippen LogP contribution is -2.43. The van der Waals surface area contributed by atoms with E-state index >= 15 is 0 Å². The Hall–Kier alpha value is -0.890. The van der Waals surface area contributed by atoms with Gasteiger partial charge in [0.1, 0.15) is 0 Å². The van der Waals surface area contributed by atoms with Gasteiger partial charge in [-0.3, -0.25) is 15.3 Å². The number of hydrazine groups is 1. The molecular formula is C11H25N5O2. The zero-order valence-corrected chi connectivity index (χ0v) is 11.2. The van der Waals surface area contributed by atoms with Gasteiger partial charge >= 0.3 is 0 Å². The van der Waals surface area contributed by atoms with E-state index in [4.69, 9.17) is 15.3 Å². The van der Waals surface area contributed by atoms with Crippen molar-refractivity contribution in [2.75, 3.05) is 59.7 Å². The maximum Gasteiger partial charge on any atom is 0.205 e. The number of nitrogens with one attached hydrogen (secondary N) is 2. The third kappa shape index (κ3) is 6.75. The van der Waals surface area contributed by atoms with Crippen LogP contribution in [0.5, 0.6) is 0 Å². The Kier molecular flexibility index (Phi) is 8.49. The number of hydrogen-bond donors (Lipinski definition) is 3. The summed E-state index contributed by atoms with van der Waals surface area (Å²) >= 11 is 0. The molecule has 7 nitrogen and oxygen atoms in total. The Morgan fingerprint density at radius 3 is 2.89 bits per heavy atom. The molecule has 1 fully saturated rings. The van der Waals surface area contributed by atoms with Crippen molar-refractivity contribution in [3.05, 3.63) is 0 Å². The maximum atomic E-state index is 5.37. The fourth-order valence-electron chi connectivity index (χ4n) is 1.73. The topological polar surface area (TPSA) is 84.1 Å². The lowest BCUT2D eigenvalue weighted by Gasteiger charge is -2.26. The quantitative estimate of drug-likeness (QED) is 0.174. The summed E-state index contributed by atoms with van der Waals surface area (Å²) in [5.74, 6) is 5.99. The summed E-state index contributed by atoms with van der Waals surface area (Å²) in [5.41, 5.74) is 2.55. The number of hydrogen-bond acceptors (Lipinski definition) is 5. The monoisotopic (exact) mass is 259 g/mol. The van der Waals surface area contributed by atoms with Crippen molar-refractivity contribution < 1.29 is 9.47 Å². The number of nitrogens with two attached hydrogens (primary N) is 1. The van der Waals surface area contributed by atoms with E-state index < -0.39 is 0 Å². The Morgan fingerprint density at radius 1 is 1.44 bits per heavy atom. The zero-order chi connectivity index (χ0) is 13.1. The molecule has 0 spiro atoms. The van der Waals surface area contributed by atoms with Gasteiger partial charge in [-0.25, -0.2) is 5.84 Å². The highest BCUT2D eigenvalue weighted by Gasteiger charge is 2.08. The van der Waals surface area contributed by atoms with Gasteiger partial charge in [0.2, 0.25) is 5.96 Å². The van der Waals surface area contributed by atoms with Crippen molar-refractivity contribution in [2.24, 2.45) is 10.8 Å². The number of morpholine rings is 1. The second-order valence-corrected chi connectivity index (χ2v) is 4.10. The van der Waals surface area contributed by atoms with Gasteiger partial charge in [0.25, 0.3) is 0 Å². The molecule has 0 amide bonds. The van der Waals surface area contributed by atoms with Crippen LogP contribution in [0.4, 0.5) is 0 Å². The summed E-state index contributed by atoms with van der Waals surface area (Å²) in [4.78, 5) is 6.75. The molecule has 0 aromatic heterocycles. The van der Waals surface area contributed by atoms with Crippen LogP contribution >= 0.6 is 0 Å². The van der Waals surface area contributed by atoms with E-state index in [2.05, 4.69) is 20.6 Å². The number of methoxy groups -OCH3 is 1. The lowest BCUT2D eigenvalue weighted by atomic mass is 10.3. The van der Waals surface area contributed by atoms with Crippen LogP contribution in [-0.2, 0) is 9.47 Å². The van der Waals surface area contributed by atoms with Crippen molar-refractivity contribution in [3.8, 4) is 0 Å². The molecule has 0 bridgehead atoms. The SMILES string of the molecule is COCCNC(=NCCCN1CCOCC1)NN. The van der Waals surface area contributed by atoms with E-state index in [0.717, 1.165) is 45.8 Å². The summed E-state index contributed by atoms with van der Waals surface area (Å²) in [6.45, 7) is 6.89. The Bertz CT molecular complexity index is 231. The van der Waals surface area contributed by atoms with E-state index in [1.54, 1.807) is 7.11 Å². The van der Waals surface area contributed by atoms with E-state index in [1.807, 2.05) is 0 Å². The van der Waals surface area contributed by atoms with Crippen molar-refractivity contribution in [3.63, 3.8) is 0 Å². The first-order valence-corrected chi connectivity index (χ1v) is 6.41. The van der Waals surface area contributed by atoms with E-state index in [1.165, 1.54) is 0 Å². The summed E-state index contributed by atoms with van der Waals surface area (Å²) in [6.07, 6.45) is 1.02. The molecule has 7 heteroatoms. The highest BCUT2D eigenvalue weighted by atomic mass is 16.5. The largest absolute Gasteiger partial charge is 0.383 e. The summed E-state index contributed by atoms with van der Waals surface area (Å²) in [7, 11) is 1.66. The Labute approximate surface area is 109 Å². The maximum absolute atomic E-state index is 5.37. The summed E-state index contributed by atoms with van der Waals surface area (Å²) < 4.78 is 10.2. The first-order chi connectivity index (χ1) is 8.86. The molecule has 4 N–H and O–H groups in total. The highest BCUT2D eigenvalue weighted by molar-refractivity contribution is 5.79. The third-order valence-electron chi connectivity index (χ3n) is 2.74. The highest BCUT2D eigenvalue weighted by Crippen LogP contribution is 1.97. The zero-order valence-electron chi connectivity index (χ0n) is 11.2. The van der Waals surface area contributed by atoms with Crippen LogP contribution in [0.1, 0.15) is 6.42 Å². The summed E-state index contributed by atoms with van der Waals surface area (Å²) in [6, 6.07) is 0. The number of ether oxygens (including phenoxy) is 2. The first kappa shape index (κ1) is 15.2. The minimum Gasteiger partial charge on any atom is -0.383 e. The van der Waals surface area contributed by atoms with Crippen molar-refractivity contribution in [1.82, 2.24) is 15.6 Å². The number of aliphatic imine (C=N–C) groups is 1. The van der Waals surface area contributed by atoms with Crippen LogP contribution in [0, 0.1) is 0 Å². The fourth-order valence-corrected chi connectivity index (χ4v) is 1.73. The van der Waals surface area contributed by atoms with Gasteiger partial charge in [-0.1, -0.05) is 0 Å². The van der Waals surface area contributed by atoms with Gasteiger partial charge in [-0.2, -0.15) is 0 Å². The smallest absolute Gasteiger partial charge is 0.205 e. The standard InChI is InChI=1S/C11H25N5O2/c1-17-8-4-14-11(15-12)13-3-2-5-16-6-9-18-10-7-16/h2-10,12H2,1H3,(H2,13,14,15). The van der Waals surface area contributed by atoms with Gasteiger partial charge < -0.3 is 14.8 Å². The Balaban J connectivity index is 2.08. The molecule has 0 aromatic rings. The molecule has 0 unspecified atom stereocenters. The first-order valence-electron chi connectivity index (χ1n) is 6.41. The average molecular weight is 259 g/mol. The number of guanidine groups is 1. The molecule has 1 heterocycles. The minimum absolute atomic E-state index is 0.619. The Morgan fingerprint density at radius 2 is 2.22 bits per heavy atom. The van der Waals surface area contributed by atoms with Crippen LogP contribution in [0.3, 0.4) is 0 Å². The number of nitrogens with zero attached hydrogens (tertiary/aromatic N) is 2. The van der Waals surface area contributed by atoms with Crippen molar-refractivity contribution in [1.29, 1.82) is 0 Å². The van der Waals surface area contributed by atoms with Gasteiger partial charge in [0.05, 0.1) is 19.8 Å². The fraction of sp³-hybridized carbons (Fsp3) is 0.909. The second kappa shape index (κ2) is 10.1. The van der Waals surface area contributed by atoms with E-state index in [-0.39, 0.29) is 0 Å². The van der Waals surface area contributed by atoms with E-state index in [9.17, 15) is 0 Å². The molecule has 1 aliphatic rings. The lowest BCUT2D eigenvalue weighted by molar-refractivity contribution is 0.0377. The molecule has 0 aliphatic carbocycles.